The number of nitrogens with zero attached hydrogens (tertiary/aromatic N) is 2. The van der Waals surface area contributed by atoms with Crippen LogP contribution in [0.5, 0.6) is 0 Å². The van der Waals surface area contributed by atoms with Gasteiger partial charge in [0.05, 0.1) is 0 Å². The van der Waals surface area contributed by atoms with Gasteiger partial charge in [0, 0.05) is 29.8 Å². The van der Waals surface area contributed by atoms with Gasteiger partial charge in [-0.05, 0) is 52.4 Å². The first-order chi connectivity index (χ1) is 10.2. The molecule has 6 heteroatoms. The summed E-state index contributed by atoms with van der Waals surface area (Å²) < 4.78 is 0.871. The van der Waals surface area contributed by atoms with Gasteiger partial charge >= 0.3 is 0 Å². The van der Waals surface area contributed by atoms with Crippen LogP contribution in [0.15, 0.2) is 40.3 Å². The third-order valence-corrected chi connectivity index (χ3v) is 5.46. The number of anilines is 1. The second-order valence-electron chi connectivity index (χ2n) is 5.02. The molecule has 3 rings (SSSR count). The van der Waals surface area contributed by atoms with Crippen molar-refractivity contribution in [2.45, 2.75) is 18.9 Å². The standard InChI is InChI=1S/C15H16BrN3OS/c16-12-6-10-21-14(12)15(20)18-11-4-8-19(9-5-11)13-3-1-2-7-17-13/h1-3,6-7,10-11H,4-5,8-9H2,(H,18,20). The van der Waals surface area contributed by atoms with Crippen LogP contribution in [-0.4, -0.2) is 30.0 Å². The molecular formula is C15H16BrN3OS. The summed E-state index contributed by atoms with van der Waals surface area (Å²) >= 11 is 4.87. The van der Waals surface area contributed by atoms with Crippen molar-refractivity contribution >= 4 is 39.0 Å². The molecule has 0 aromatic carbocycles. The van der Waals surface area contributed by atoms with E-state index in [4.69, 9.17) is 0 Å². The number of hydrogen-bond donors (Lipinski definition) is 1. The Morgan fingerprint density at radius 3 is 2.76 bits per heavy atom. The summed E-state index contributed by atoms with van der Waals surface area (Å²) in [6, 6.07) is 8.11. The van der Waals surface area contributed by atoms with Crippen LogP contribution >= 0.6 is 27.3 Å². The fraction of sp³-hybridized carbons (Fsp3) is 0.333. The van der Waals surface area contributed by atoms with E-state index in [1.165, 1.54) is 11.3 Å². The molecule has 0 unspecified atom stereocenters. The lowest BCUT2D eigenvalue weighted by atomic mass is 10.0. The highest BCUT2D eigenvalue weighted by Gasteiger charge is 2.22. The summed E-state index contributed by atoms with van der Waals surface area (Å²) in [5.74, 6) is 1.04. The van der Waals surface area contributed by atoms with Crippen LogP contribution in [0, 0.1) is 0 Å². The van der Waals surface area contributed by atoms with Crippen molar-refractivity contribution in [1.29, 1.82) is 0 Å². The lowest BCUT2D eigenvalue weighted by Crippen LogP contribution is -2.44. The number of nitrogens with one attached hydrogen (secondary N) is 1. The fourth-order valence-electron chi connectivity index (χ4n) is 2.50. The summed E-state index contributed by atoms with van der Waals surface area (Å²) in [5.41, 5.74) is 0. The van der Waals surface area contributed by atoms with Crippen molar-refractivity contribution < 1.29 is 4.79 Å². The number of carbonyl (C=O) groups is 1. The van der Waals surface area contributed by atoms with Gasteiger partial charge in [-0.2, -0.15) is 0 Å². The zero-order valence-electron chi connectivity index (χ0n) is 11.5. The van der Waals surface area contributed by atoms with E-state index in [0.717, 1.165) is 41.1 Å². The van der Waals surface area contributed by atoms with E-state index in [1.807, 2.05) is 35.8 Å². The number of amides is 1. The van der Waals surface area contributed by atoms with Gasteiger partial charge in [0.15, 0.2) is 0 Å². The van der Waals surface area contributed by atoms with Gasteiger partial charge in [-0.1, -0.05) is 6.07 Å². The van der Waals surface area contributed by atoms with E-state index in [-0.39, 0.29) is 11.9 Å². The average Bonchev–Trinajstić information content (AvgIpc) is 2.95. The smallest absolute Gasteiger partial charge is 0.262 e. The van der Waals surface area contributed by atoms with Gasteiger partial charge in [0.2, 0.25) is 0 Å². The molecule has 110 valence electrons. The predicted octanol–water partition coefficient (Wildman–Crippen LogP) is 3.30. The topological polar surface area (TPSA) is 45.2 Å². The number of carbonyl (C=O) groups excluding carboxylic acids is 1. The van der Waals surface area contributed by atoms with Gasteiger partial charge < -0.3 is 10.2 Å². The number of pyridine rings is 1. The molecule has 4 nitrogen and oxygen atoms in total. The molecule has 21 heavy (non-hydrogen) atoms. The summed E-state index contributed by atoms with van der Waals surface area (Å²) in [4.78, 5) is 19.6. The number of aromatic nitrogens is 1. The number of halogens is 1. The summed E-state index contributed by atoms with van der Waals surface area (Å²) in [7, 11) is 0. The van der Waals surface area contributed by atoms with Crippen molar-refractivity contribution in [1.82, 2.24) is 10.3 Å². The second kappa shape index (κ2) is 6.58. The lowest BCUT2D eigenvalue weighted by Gasteiger charge is -2.33. The Labute approximate surface area is 136 Å². The van der Waals surface area contributed by atoms with Gasteiger partial charge in [0.1, 0.15) is 10.7 Å². The highest BCUT2D eigenvalue weighted by molar-refractivity contribution is 9.10. The van der Waals surface area contributed by atoms with Gasteiger partial charge in [-0.15, -0.1) is 11.3 Å². The molecule has 1 saturated heterocycles. The molecule has 2 aromatic heterocycles. The minimum Gasteiger partial charge on any atom is -0.356 e. The Morgan fingerprint density at radius 2 is 2.14 bits per heavy atom. The molecule has 0 radical (unpaired) electrons. The molecule has 0 spiro atoms. The van der Waals surface area contributed by atoms with Gasteiger partial charge in [0.25, 0.3) is 5.91 Å². The second-order valence-corrected chi connectivity index (χ2v) is 6.79. The maximum Gasteiger partial charge on any atom is 0.262 e. The molecule has 0 bridgehead atoms. The zero-order chi connectivity index (χ0) is 14.7. The molecule has 1 aliphatic rings. The first kappa shape index (κ1) is 14.5. The van der Waals surface area contributed by atoms with Gasteiger partial charge in [-0.3, -0.25) is 4.79 Å². The molecule has 1 amide bonds. The van der Waals surface area contributed by atoms with E-state index in [9.17, 15) is 4.79 Å². The average molecular weight is 366 g/mol. The van der Waals surface area contributed by atoms with Crippen LogP contribution in [0.2, 0.25) is 0 Å². The van der Waals surface area contributed by atoms with Crippen molar-refractivity contribution in [3.05, 3.63) is 45.2 Å². The third-order valence-electron chi connectivity index (χ3n) is 3.63. The Bertz CT molecular complexity index is 608. The highest BCUT2D eigenvalue weighted by Crippen LogP contribution is 2.23. The number of rotatable bonds is 3. The predicted molar refractivity (Wildman–Crippen MR) is 89.0 cm³/mol. The molecule has 3 heterocycles. The summed E-state index contributed by atoms with van der Waals surface area (Å²) in [6.07, 6.45) is 3.72. The van der Waals surface area contributed by atoms with Crippen LogP contribution in [-0.2, 0) is 0 Å². The Hall–Kier alpha value is -1.40. The minimum absolute atomic E-state index is 0.0214. The Kier molecular flexibility index (Phi) is 4.55. The van der Waals surface area contributed by atoms with Crippen LogP contribution in [0.3, 0.4) is 0 Å². The maximum absolute atomic E-state index is 12.2. The van der Waals surface area contributed by atoms with E-state index < -0.39 is 0 Å². The first-order valence-electron chi connectivity index (χ1n) is 6.94. The molecule has 1 aliphatic heterocycles. The highest BCUT2D eigenvalue weighted by atomic mass is 79.9. The van der Waals surface area contributed by atoms with E-state index >= 15 is 0 Å². The SMILES string of the molecule is O=C(NC1CCN(c2ccccn2)CC1)c1sccc1Br. The Morgan fingerprint density at radius 1 is 1.33 bits per heavy atom. The maximum atomic E-state index is 12.2. The first-order valence-corrected chi connectivity index (χ1v) is 8.61. The summed E-state index contributed by atoms with van der Waals surface area (Å²) in [5, 5.41) is 5.05. The Balaban J connectivity index is 1.55. The van der Waals surface area contributed by atoms with E-state index in [0.29, 0.717) is 0 Å². The van der Waals surface area contributed by atoms with E-state index in [2.05, 4.69) is 31.1 Å². The molecule has 0 atom stereocenters. The lowest BCUT2D eigenvalue weighted by molar-refractivity contribution is 0.0934. The van der Waals surface area contributed by atoms with Crippen molar-refractivity contribution in [3.8, 4) is 0 Å². The van der Waals surface area contributed by atoms with Gasteiger partial charge in [-0.25, -0.2) is 4.98 Å². The quantitative estimate of drug-likeness (QED) is 0.907. The fourth-order valence-corrected chi connectivity index (χ4v) is 3.95. The third kappa shape index (κ3) is 3.44. The summed E-state index contributed by atoms with van der Waals surface area (Å²) in [6.45, 7) is 1.85. The monoisotopic (exact) mass is 365 g/mol. The molecule has 1 fully saturated rings. The number of thiophene rings is 1. The molecule has 2 aromatic rings. The minimum atomic E-state index is 0.0214. The van der Waals surface area contributed by atoms with Crippen LogP contribution in [0.4, 0.5) is 5.82 Å². The number of piperidine rings is 1. The van der Waals surface area contributed by atoms with Crippen molar-refractivity contribution in [2.75, 3.05) is 18.0 Å². The van der Waals surface area contributed by atoms with E-state index in [1.54, 1.807) is 0 Å². The van der Waals surface area contributed by atoms with Crippen LogP contribution < -0.4 is 10.2 Å². The molecule has 1 N–H and O–H groups in total. The molecule has 0 saturated carbocycles. The molecular weight excluding hydrogens is 350 g/mol. The largest absolute Gasteiger partial charge is 0.356 e. The van der Waals surface area contributed by atoms with Crippen LogP contribution in [0.25, 0.3) is 0 Å². The molecule has 0 aliphatic carbocycles. The van der Waals surface area contributed by atoms with Crippen molar-refractivity contribution in [3.63, 3.8) is 0 Å². The van der Waals surface area contributed by atoms with Crippen LogP contribution in [0.1, 0.15) is 22.5 Å². The zero-order valence-corrected chi connectivity index (χ0v) is 13.9. The normalized spacial score (nSPS) is 16.0. The van der Waals surface area contributed by atoms with Crippen molar-refractivity contribution in [2.24, 2.45) is 0 Å². The number of hydrogen-bond acceptors (Lipinski definition) is 4.